The van der Waals surface area contributed by atoms with E-state index in [9.17, 15) is 13.2 Å². The standard InChI is InChI=1S/C12H15ClF3N.ClH/c1-11(2,3)10(17)7-4-8(12(14,15)16)6-9(13)5-7;/h4-6,10H,17H2,1-3H3;1H/t10-;/m0./s1. The first-order valence-corrected chi connectivity index (χ1v) is 5.53. The minimum Gasteiger partial charge on any atom is -0.324 e. The average molecular weight is 302 g/mol. The monoisotopic (exact) mass is 301 g/mol. The lowest BCUT2D eigenvalue weighted by Gasteiger charge is -2.28. The Kier molecular flexibility index (Phi) is 5.54. The highest BCUT2D eigenvalue weighted by atomic mass is 35.5. The molecule has 18 heavy (non-hydrogen) atoms. The van der Waals surface area contributed by atoms with E-state index in [0.29, 0.717) is 5.56 Å². The van der Waals surface area contributed by atoms with Gasteiger partial charge in [0.2, 0.25) is 0 Å². The molecule has 0 aliphatic rings. The molecule has 0 saturated heterocycles. The van der Waals surface area contributed by atoms with Crippen molar-refractivity contribution in [2.24, 2.45) is 11.1 Å². The molecular formula is C12H16Cl2F3N. The molecule has 0 amide bonds. The van der Waals surface area contributed by atoms with Crippen LogP contribution in [-0.2, 0) is 6.18 Å². The summed E-state index contributed by atoms with van der Waals surface area (Å²) in [5.74, 6) is 0. The highest BCUT2D eigenvalue weighted by molar-refractivity contribution is 6.30. The Morgan fingerprint density at radius 3 is 2.00 bits per heavy atom. The zero-order valence-electron chi connectivity index (χ0n) is 10.3. The minimum atomic E-state index is -4.41. The number of hydrogen-bond donors (Lipinski definition) is 1. The van der Waals surface area contributed by atoms with Crippen LogP contribution in [-0.4, -0.2) is 0 Å². The summed E-state index contributed by atoms with van der Waals surface area (Å²) in [6, 6.07) is 2.94. The minimum absolute atomic E-state index is 0. The largest absolute Gasteiger partial charge is 0.416 e. The smallest absolute Gasteiger partial charge is 0.324 e. The van der Waals surface area contributed by atoms with Gasteiger partial charge in [0.1, 0.15) is 0 Å². The second-order valence-electron chi connectivity index (χ2n) is 5.11. The SMILES string of the molecule is CC(C)(C)[C@@H](N)c1cc(Cl)cc(C(F)(F)F)c1.Cl. The van der Waals surface area contributed by atoms with Crippen LogP contribution in [0, 0.1) is 5.41 Å². The molecule has 0 aliphatic carbocycles. The van der Waals surface area contributed by atoms with Crippen LogP contribution in [0.3, 0.4) is 0 Å². The molecule has 0 aliphatic heterocycles. The molecule has 1 atom stereocenters. The Morgan fingerprint density at radius 2 is 1.61 bits per heavy atom. The summed E-state index contributed by atoms with van der Waals surface area (Å²) in [6.45, 7) is 5.60. The molecule has 0 aromatic heterocycles. The van der Waals surface area contributed by atoms with Crippen molar-refractivity contribution in [2.75, 3.05) is 0 Å². The van der Waals surface area contributed by atoms with Gasteiger partial charge in [0.05, 0.1) is 5.56 Å². The van der Waals surface area contributed by atoms with Gasteiger partial charge >= 0.3 is 6.18 Å². The lowest BCUT2D eigenvalue weighted by molar-refractivity contribution is -0.137. The predicted octanol–water partition coefficient (Wildman–Crippen LogP) is 4.83. The number of rotatable bonds is 1. The highest BCUT2D eigenvalue weighted by Gasteiger charge is 2.32. The van der Waals surface area contributed by atoms with Crippen molar-refractivity contribution in [1.82, 2.24) is 0 Å². The number of benzene rings is 1. The molecule has 1 rings (SSSR count). The molecule has 0 bridgehead atoms. The quantitative estimate of drug-likeness (QED) is 0.790. The van der Waals surface area contributed by atoms with Crippen molar-refractivity contribution < 1.29 is 13.2 Å². The van der Waals surface area contributed by atoms with E-state index in [2.05, 4.69) is 0 Å². The van der Waals surface area contributed by atoms with Crippen molar-refractivity contribution in [3.8, 4) is 0 Å². The summed E-state index contributed by atoms with van der Waals surface area (Å²) in [4.78, 5) is 0. The van der Waals surface area contributed by atoms with E-state index < -0.39 is 17.8 Å². The van der Waals surface area contributed by atoms with Gasteiger partial charge in [-0.2, -0.15) is 13.2 Å². The molecule has 1 nitrogen and oxygen atoms in total. The summed E-state index contributed by atoms with van der Waals surface area (Å²) in [5.41, 5.74) is 5.24. The first kappa shape index (κ1) is 17.6. The van der Waals surface area contributed by atoms with E-state index in [1.807, 2.05) is 20.8 Å². The Balaban J connectivity index is 0.00000289. The van der Waals surface area contributed by atoms with Gasteiger partial charge in [-0.25, -0.2) is 0 Å². The highest BCUT2D eigenvalue weighted by Crippen LogP contribution is 2.36. The number of hydrogen-bond acceptors (Lipinski definition) is 1. The van der Waals surface area contributed by atoms with Gasteiger partial charge in [-0.3, -0.25) is 0 Å². The Labute approximate surface area is 116 Å². The van der Waals surface area contributed by atoms with E-state index >= 15 is 0 Å². The van der Waals surface area contributed by atoms with Crippen LogP contribution in [0.1, 0.15) is 37.9 Å². The van der Waals surface area contributed by atoms with Crippen LogP contribution in [0.25, 0.3) is 0 Å². The molecule has 0 spiro atoms. The van der Waals surface area contributed by atoms with Crippen molar-refractivity contribution >= 4 is 24.0 Å². The van der Waals surface area contributed by atoms with Crippen molar-refractivity contribution in [3.63, 3.8) is 0 Å². The van der Waals surface area contributed by atoms with Crippen molar-refractivity contribution in [2.45, 2.75) is 33.0 Å². The maximum absolute atomic E-state index is 12.6. The first-order valence-electron chi connectivity index (χ1n) is 5.15. The van der Waals surface area contributed by atoms with Gasteiger partial charge in [0.15, 0.2) is 0 Å². The molecule has 0 unspecified atom stereocenters. The number of halogens is 5. The Hall–Kier alpha value is -0.450. The van der Waals surface area contributed by atoms with E-state index in [-0.39, 0.29) is 22.8 Å². The van der Waals surface area contributed by atoms with Gasteiger partial charge < -0.3 is 5.73 Å². The maximum Gasteiger partial charge on any atom is 0.416 e. The van der Waals surface area contributed by atoms with Crippen LogP contribution in [0.4, 0.5) is 13.2 Å². The lowest BCUT2D eigenvalue weighted by atomic mass is 9.82. The van der Waals surface area contributed by atoms with E-state index in [1.165, 1.54) is 6.07 Å². The predicted molar refractivity (Wildman–Crippen MR) is 70.1 cm³/mol. The van der Waals surface area contributed by atoms with Gasteiger partial charge in [0.25, 0.3) is 0 Å². The fraction of sp³-hybridized carbons (Fsp3) is 0.500. The Morgan fingerprint density at radius 1 is 1.11 bits per heavy atom. The molecule has 1 aromatic carbocycles. The summed E-state index contributed by atoms with van der Waals surface area (Å²) in [7, 11) is 0. The summed E-state index contributed by atoms with van der Waals surface area (Å²) >= 11 is 5.69. The molecule has 2 N–H and O–H groups in total. The third-order valence-electron chi connectivity index (χ3n) is 2.54. The number of nitrogens with two attached hydrogens (primary N) is 1. The Bertz CT molecular complexity index is 411. The fourth-order valence-electron chi connectivity index (χ4n) is 1.46. The van der Waals surface area contributed by atoms with Crippen molar-refractivity contribution in [1.29, 1.82) is 0 Å². The van der Waals surface area contributed by atoms with Crippen LogP contribution in [0.15, 0.2) is 18.2 Å². The van der Waals surface area contributed by atoms with Gasteiger partial charge in [-0.1, -0.05) is 32.4 Å². The second kappa shape index (κ2) is 5.68. The van der Waals surface area contributed by atoms with Crippen LogP contribution in [0.2, 0.25) is 5.02 Å². The topological polar surface area (TPSA) is 26.0 Å². The van der Waals surface area contributed by atoms with E-state index in [4.69, 9.17) is 17.3 Å². The first-order chi connectivity index (χ1) is 7.51. The third-order valence-corrected chi connectivity index (χ3v) is 2.76. The van der Waals surface area contributed by atoms with Gasteiger partial charge in [-0.15, -0.1) is 12.4 Å². The summed E-state index contributed by atoms with van der Waals surface area (Å²) in [6.07, 6.45) is -4.41. The molecule has 104 valence electrons. The van der Waals surface area contributed by atoms with Crippen LogP contribution in [0.5, 0.6) is 0 Å². The summed E-state index contributed by atoms with van der Waals surface area (Å²) < 4.78 is 37.8. The van der Waals surface area contributed by atoms with E-state index in [0.717, 1.165) is 12.1 Å². The van der Waals surface area contributed by atoms with Crippen LogP contribution >= 0.6 is 24.0 Å². The zero-order valence-corrected chi connectivity index (χ0v) is 11.9. The third kappa shape index (κ3) is 4.34. The van der Waals surface area contributed by atoms with Crippen molar-refractivity contribution in [3.05, 3.63) is 34.3 Å². The zero-order chi connectivity index (χ0) is 13.4. The van der Waals surface area contributed by atoms with Gasteiger partial charge in [0, 0.05) is 11.1 Å². The second-order valence-corrected chi connectivity index (χ2v) is 5.55. The molecule has 0 fully saturated rings. The van der Waals surface area contributed by atoms with Crippen LogP contribution < -0.4 is 5.73 Å². The maximum atomic E-state index is 12.6. The normalized spacial score (nSPS) is 14.0. The molecule has 6 heteroatoms. The lowest BCUT2D eigenvalue weighted by Crippen LogP contribution is -2.26. The summed E-state index contributed by atoms with van der Waals surface area (Å²) in [5, 5.41) is 0.0505. The molecular weight excluding hydrogens is 286 g/mol. The fourth-order valence-corrected chi connectivity index (χ4v) is 1.70. The van der Waals surface area contributed by atoms with Gasteiger partial charge in [-0.05, 0) is 29.2 Å². The molecule has 0 radical (unpaired) electrons. The molecule has 0 saturated carbocycles. The molecule has 0 heterocycles. The van der Waals surface area contributed by atoms with E-state index in [1.54, 1.807) is 0 Å². The number of alkyl halides is 3. The average Bonchev–Trinajstić information content (AvgIpc) is 2.12. The molecule has 1 aromatic rings.